The van der Waals surface area contributed by atoms with E-state index in [9.17, 15) is 14.4 Å². The van der Waals surface area contributed by atoms with Crippen LogP contribution in [0.25, 0.3) is 11.1 Å². The van der Waals surface area contributed by atoms with Gasteiger partial charge in [-0.3, -0.25) is 4.79 Å². The molecule has 1 atom stereocenters. The van der Waals surface area contributed by atoms with Crippen LogP contribution in [0, 0.1) is 0 Å². The number of carbonyl (C=O) groups excluding carboxylic acids is 2. The zero-order chi connectivity index (χ0) is 24.9. The molecule has 0 saturated heterocycles. The summed E-state index contributed by atoms with van der Waals surface area (Å²) in [5, 5.41) is 19.7. The Kier molecular flexibility index (Phi) is 7.09. The van der Waals surface area contributed by atoms with Gasteiger partial charge in [-0.1, -0.05) is 53.7 Å². The van der Waals surface area contributed by atoms with Gasteiger partial charge in [0.15, 0.2) is 0 Å². The monoisotopic (exact) mass is 477 g/mol. The van der Waals surface area contributed by atoms with Crippen LogP contribution in [0.1, 0.15) is 36.6 Å². The fraction of sp³-hybridized carbons (Fsp3) is 0.320. The number of nitrogens with one attached hydrogen (secondary N) is 1. The molecule has 1 aliphatic rings. The summed E-state index contributed by atoms with van der Waals surface area (Å²) in [6.07, 6.45) is 0.950. The Hall–Kier alpha value is -4.21. The van der Waals surface area contributed by atoms with E-state index in [-0.39, 0.29) is 38.1 Å². The van der Waals surface area contributed by atoms with E-state index in [0.29, 0.717) is 5.69 Å². The van der Waals surface area contributed by atoms with Crippen LogP contribution in [0.15, 0.2) is 54.7 Å². The summed E-state index contributed by atoms with van der Waals surface area (Å²) >= 11 is 0. The van der Waals surface area contributed by atoms with Gasteiger partial charge in [-0.05, 0) is 36.1 Å². The molecule has 0 fully saturated rings. The number of carboxylic acids is 1. The normalized spacial score (nSPS) is 13.0. The number of likely N-dealkylation sites (N-methyl/N-ethyl adjacent to an activating group) is 1. The van der Waals surface area contributed by atoms with Gasteiger partial charge in [-0.25, -0.2) is 14.3 Å². The van der Waals surface area contributed by atoms with Crippen molar-refractivity contribution in [1.29, 1.82) is 0 Å². The molecule has 0 radical (unpaired) electrons. The van der Waals surface area contributed by atoms with E-state index in [0.717, 1.165) is 22.3 Å². The maximum atomic E-state index is 12.4. The largest absolute Gasteiger partial charge is 0.480 e. The van der Waals surface area contributed by atoms with Crippen LogP contribution in [-0.2, 0) is 27.4 Å². The minimum atomic E-state index is -1.08. The number of amides is 2. The van der Waals surface area contributed by atoms with Crippen molar-refractivity contribution < 1.29 is 24.2 Å². The van der Waals surface area contributed by atoms with E-state index in [1.807, 2.05) is 24.3 Å². The van der Waals surface area contributed by atoms with Gasteiger partial charge in [-0.2, -0.15) is 0 Å². The summed E-state index contributed by atoms with van der Waals surface area (Å²) in [5.74, 6) is -1.50. The lowest BCUT2D eigenvalue weighted by Gasteiger charge is -2.24. The standard InChI is InChI=1S/C25H27N5O5/c1-3-30(16(2)24(32)33)23(31)14-29-13-17(27-28-29)12-26-25(34)35-15-22-20-10-6-4-8-18(20)19-9-5-7-11-21(19)22/h4-11,13,16,22H,3,12,14-15H2,1-2H3,(H,26,34)(H,32,33). The SMILES string of the molecule is CCN(C(=O)Cn1cc(CNC(=O)OCC2c3ccccc3-c3ccccc32)nn1)C(C)C(=O)O. The third-order valence-electron chi connectivity index (χ3n) is 6.13. The summed E-state index contributed by atoms with van der Waals surface area (Å²) in [6.45, 7) is 3.56. The Morgan fingerprint density at radius 3 is 2.34 bits per heavy atom. The smallest absolute Gasteiger partial charge is 0.407 e. The molecule has 0 saturated carbocycles. The highest BCUT2D eigenvalue weighted by molar-refractivity contribution is 5.83. The molecule has 0 bridgehead atoms. The molecule has 2 N–H and O–H groups in total. The van der Waals surface area contributed by atoms with Crippen LogP contribution >= 0.6 is 0 Å². The first-order valence-electron chi connectivity index (χ1n) is 11.4. The Bertz CT molecular complexity index is 1190. The van der Waals surface area contributed by atoms with Gasteiger partial charge < -0.3 is 20.1 Å². The zero-order valence-corrected chi connectivity index (χ0v) is 19.5. The molecule has 0 aliphatic heterocycles. The number of carboxylic acid groups (broad SMARTS) is 1. The predicted molar refractivity (Wildman–Crippen MR) is 126 cm³/mol. The maximum absolute atomic E-state index is 12.4. The molecule has 4 rings (SSSR count). The van der Waals surface area contributed by atoms with Crippen LogP contribution in [-0.4, -0.2) is 62.2 Å². The predicted octanol–water partition coefficient (Wildman–Crippen LogP) is 2.64. The summed E-state index contributed by atoms with van der Waals surface area (Å²) < 4.78 is 6.82. The lowest BCUT2D eigenvalue weighted by atomic mass is 9.98. The summed E-state index contributed by atoms with van der Waals surface area (Å²) in [7, 11) is 0. The number of aromatic nitrogens is 3. The van der Waals surface area contributed by atoms with Gasteiger partial charge in [0, 0.05) is 12.5 Å². The Morgan fingerprint density at radius 2 is 1.74 bits per heavy atom. The minimum Gasteiger partial charge on any atom is -0.480 e. The number of rotatable bonds is 9. The lowest BCUT2D eigenvalue weighted by Crippen LogP contribution is -2.44. The third kappa shape index (κ3) is 5.16. The minimum absolute atomic E-state index is 0.0326. The van der Waals surface area contributed by atoms with Gasteiger partial charge in [0.25, 0.3) is 0 Å². The first-order chi connectivity index (χ1) is 16.9. The van der Waals surface area contributed by atoms with E-state index < -0.39 is 18.1 Å². The number of carbonyl (C=O) groups is 3. The molecular weight excluding hydrogens is 450 g/mol. The first-order valence-corrected chi connectivity index (χ1v) is 11.4. The number of fused-ring (bicyclic) bond motifs is 3. The fourth-order valence-electron chi connectivity index (χ4n) is 4.34. The van der Waals surface area contributed by atoms with Crippen molar-refractivity contribution in [1.82, 2.24) is 25.2 Å². The van der Waals surface area contributed by atoms with Gasteiger partial charge in [0.2, 0.25) is 5.91 Å². The quantitative estimate of drug-likeness (QED) is 0.485. The molecule has 1 aromatic heterocycles. The molecule has 10 heteroatoms. The number of nitrogens with zero attached hydrogens (tertiary/aromatic N) is 4. The average molecular weight is 478 g/mol. The van der Waals surface area contributed by atoms with E-state index in [4.69, 9.17) is 9.84 Å². The topological polar surface area (TPSA) is 127 Å². The van der Waals surface area contributed by atoms with Gasteiger partial charge in [0.1, 0.15) is 24.9 Å². The molecular formula is C25H27N5O5. The van der Waals surface area contributed by atoms with Gasteiger partial charge >= 0.3 is 12.1 Å². The number of hydrogen-bond donors (Lipinski definition) is 2. The van der Waals surface area contributed by atoms with Crippen molar-refractivity contribution in [2.45, 2.75) is 38.9 Å². The highest BCUT2D eigenvalue weighted by Crippen LogP contribution is 2.44. The van der Waals surface area contributed by atoms with E-state index in [1.54, 1.807) is 6.92 Å². The zero-order valence-electron chi connectivity index (χ0n) is 19.5. The molecule has 3 aromatic rings. The van der Waals surface area contributed by atoms with Crippen molar-refractivity contribution >= 4 is 18.0 Å². The lowest BCUT2D eigenvalue weighted by molar-refractivity contribution is -0.149. The molecule has 182 valence electrons. The molecule has 0 spiro atoms. The Morgan fingerprint density at radius 1 is 1.11 bits per heavy atom. The molecule has 35 heavy (non-hydrogen) atoms. The highest BCUT2D eigenvalue weighted by atomic mass is 16.5. The molecule has 2 aromatic carbocycles. The van der Waals surface area contributed by atoms with Gasteiger partial charge in [0.05, 0.1) is 12.7 Å². The number of benzene rings is 2. The van der Waals surface area contributed by atoms with Crippen LogP contribution in [0.2, 0.25) is 0 Å². The second-order valence-corrected chi connectivity index (χ2v) is 8.28. The van der Waals surface area contributed by atoms with Crippen molar-refractivity contribution in [3.05, 3.63) is 71.5 Å². The second-order valence-electron chi connectivity index (χ2n) is 8.28. The Balaban J connectivity index is 1.30. The van der Waals surface area contributed by atoms with Crippen molar-refractivity contribution in [3.63, 3.8) is 0 Å². The molecule has 1 heterocycles. The summed E-state index contributed by atoms with van der Waals surface area (Å²) in [4.78, 5) is 37.2. The van der Waals surface area contributed by atoms with Crippen molar-refractivity contribution in [2.75, 3.05) is 13.2 Å². The maximum Gasteiger partial charge on any atom is 0.407 e. The number of hydrogen-bond acceptors (Lipinski definition) is 6. The number of ether oxygens (including phenoxy) is 1. The molecule has 1 unspecified atom stereocenters. The molecule has 10 nitrogen and oxygen atoms in total. The summed E-state index contributed by atoms with van der Waals surface area (Å²) in [5.41, 5.74) is 5.02. The van der Waals surface area contributed by atoms with E-state index in [1.165, 1.54) is 22.7 Å². The van der Waals surface area contributed by atoms with E-state index in [2.05, 4.69) is 39.9 Å². The summed E-state index contributed by atoms with van der Waals surface area (Å²) in [6, 6.07) is 15.3. The fourth-order valence-corrected chi connectivity index (χ4v) is 4.34. The van der Waals surface area contributed by atoms with Crippen LogP contribution < -0.4 is 5.32 Å². The van der Waals surface area contributed by atoms with Gasteiger partial charge in [-0.15, -0.1) is 5.10 Å². The average Bonchev–Trinajstić information content (AvgIpc) is 3.43. The van der Waals surface area contributed by atoms with Crippen LogP contribution in [0.5, 0.6) is 0 Å². The van der Waals surface area contributed by atoms with Crippen LogP contribution in [0.3, 0.4) is 0 Å². The second kappa shape index (κ2) is 10.4. The van der Waals surface area contributed by atoms with Crippen LogP contribution in [0.4, 0.5) is 4.79 Å². The Labute approximate surface area is 202 Å². The third-order valence-corrected chi connectivity index (χ3v) is 6.13. The van der Waals surface area contributed by atoms with E-state index >= 15 is 0 Å². The number of alkyl carbamates (subject to hydrolysis) is 1. The molecule has 1 aliphatic carbocycles. The molecule has 2 amide bonds. The highest BCUT2D eigenvalue weighted by Gasteiger charge is 2.29. The van der Waals surface area contributed by atoms with Crippen molar-refractivity contribution in [3.8, 4) is 11.1 Å². The van der Waals surface area contributed by atoms with Crippen molar-refractivity contribution in [2.24, 2.45) is 0 Å². The number of aliphatic carboxylic acids is 1. The first kappa shape index (κ1) is 23.9.